The molecule has 0 radical (unpaired) electrons. The number of rotatable bonds is 9. The first-order valence-corrected chi connectivity index (χ1v) is 9.04. The zero-order valence-electron chi connectivity index (χ0n) is 13.2. The van der Waals surface area contributed by atoms with Crippen molar-refractivity contribution in [2.24, 2.45) is 5.92 Å². The van der Waals surface area contributed by atoms with E-state index in [0.29, 0.717) is 0 Å². The van der Waals surface area contributed by atoms with Crippen LogP contribution in [0.5, 0.6) is 0 Å². The summed E-state index contributed by atoms with van der Waals surface area (Å²) in [6, 6.07) is 0. The highest BCUT2D eigenvalue weighted by molar-refractivity contribution is 7.15. The number of aromatic nitrogens is 1. The molecule has 0 saturated heterocycles. The molecule has 20 heavy (non-hydrogen) atoms. The molecule has 0 amide bonds. The highest BCUT2D eigenvalue weighted by atomic mass is 32.1. The van der Waals surface area contributed by atoms with Crippen LogP contribution in [0.4, 0.5) is 5.13 Å². The van der Waals surface area contributed by atoms with Crippen LogP contribution in [-0.2, 0) is 13.0 Å². The van der Waals surface area contributed by atoms with Crippen LogP contribution in [0.25, 0.3) is 0 Å². The van der Waals surface area contributed by atoms with E-state index in [9.17, 15) is 0 Å². The first kappa shape index (κ1) is 15.8. The number of thiazole rings is 1. The molecule has 1 saturated carbocycles. The van der Waals surface area contributed by atoms with Crippen LogP contribution in [0.3, 0.4) is 0 Å². The van der Waals surface area contributed by atoms with E-state index in [1.807, 2.05) is 11.3 Å². The Kier molecular flexibility index (Phi) is 6.30. The number of hydrogen-bond donors (Lipinski definition) is 1. The van der Waals surface area contributed by atoms with Crippen molar-refractivity contribution in [3.05, 3.63) is 10.6 Å². The van der Waals surface area contributed by atoms with Gasteiger partial charge in [0.05, 0.1) is 5.69 Å². The van der Waals surface area contributed by atoms with Crippen LogP contribution < -0.4 is 10.2 Å². The van der Waals surface area contributed by atoms with Crippen LogP contribution in [0.15, 0.2) is 0 Å². The van der Waals surface area contributed by atoms with Gasteiger partial charge in [0.2, 0.25) is 0 Å². The molecule has 1 heterocycles. The monoisotopic (exact) mass is 295 g/mol. The Morgan fingerprint density at radius 2 is 2.10 bits per heavy atom. The summed E-state index contributed by atoms with van der Waals surface area (Å²) >= 11 is 1.90. The molecule has 1 fully saturated rings. The van der Waals surface area contributed by atoms with Crippen molar-refractivity contribution in [1.82, 2.24) is 10.3 Å². The molecule has 1 N–H and O–H groups in total. The summed E-state index contributed by atoms with van der Waals surface area (Å²) in [7, 11) is 0. The van der Waals surface area contributed by atoms with E-state index in [1.54, 1.807) is 0 Å². The topological polar surface area (TPSA) is 28.2 Å². The van der Waals surface area contributed by atoms with E-state index in [-0.39, 0.29) is 0 Å². The molecule has 114 valence electrons. The van der Waals surface area contributed by atoms with E-state index in [2.05, 4.69) is 31.0 Å². The van der Waals surface area contributed by atoms with E-state index in [1.165, 1.54) is 47.9 Å². The Morgan fingerprint density at radius 3 is 2.65 bits per heavy atom. The second kappa shape index (κ2) is 7.99. The van der Waals surface area contributed by atoms with Crippen LogP contribution in [0.1, 0.15) is 57.0 Å². The van der Waals surface area contributed by atoms with Gasteiger partial charge in [-0.05, 0) is 38.6 Å². The van der Waals surface area contributed by atoms with Gasteiger partial charge in [-0.3, -0.25) is 0 Å². The van der Waals surface area contributed by atoms with Gasteiger partial charge in [-0.2, -0.15) is 0 Å². The molecular weight excluding hydrogens is 266 g/mol. The number of nitrogens with one attached hydrogen (secondary N) is 1. The van der Waals surface area contributed by atoms with Crippen LogP contribution in [0.2, 0.25) is 0 Å². The summed E-state index contributed by atoms with van der Waals surface area (Å²) < 4.78 is 0. The first-order chi connectivity index (χ1) is 9.78. The Hall–Kier alpha value is -0.610. The fraction of sp³-hybridized carbons (Fsp3) is 0.812. The maximum absolute atomic E-state index is 4.94. The Balaban J connectivity index is 2.07. The molecule has 2 rings (SSSR count). The molecule has 0 aliphatic heterocycles. The first-order valence-electron chi connectivity index (χ1n) is 8.22. The minimum atomic E-state index is 0.908. The minimum Gasteiger partial charge on any atom is -0.348 e. The third-order valence-corrected chi connectivity index (χ3v) is 5.30. The van der Waals surface area contributed by atoms with Gasteiger partial charge in [-0.1, -0.05) is 26.7 Å². The Labute approximate surface area is 127 Å². The smallest absolute Gasteiger partial charge is 0.185 e. The zero-order chi connectivity index (χ0) is 14.4. The third-order valence-electron chi connectivity index (χ3n) is 4.14. The van der Waals surface area contributed by atoms with Crippen molar-refractivity contribution in [2.45, 2.75) is 59.4 Å². The van der Waals surface area contributed by atoms with Crippen molar-refractivity contribution in [3.8, 4) is 0 Å². The zero-order valence-corrected chi connectivity index (χ0v) is 14.1. The molecule has 1 aliphatic rings. The normalized spacial score (nSPS) is 15.3. The molecular formula is C16H29N3S. The molecule has 1 aliphatic carbocycles. The third kappa shape index (κ3) is 3.95. The van der Waals surface area contributed by atoms with Crippen molar-refractivity contribution < 1.29 is 0 Å². The SMILES string of the molecule is CCCc1nc(N(CC)CC2CCC2)sc1CNCC. The van der Waals surface area contributed by atoms with Gasteiger partial charge in [0.15, 0.2) is 5.13 Å². The van der Waals surface area contributed by atoms with Gasteiger partial charge >= 0.3 is 0 Å². The highest BCUT2D eigenvalue weighted by Gasteiger charge is 2.22. The average Bonchev–Trinajstić information content (AvgIpc) is 2.79. The summed E-state index contributed by atoms with van der Waals surface area (Å²) in [5.41, 5.74) is 1.32. The lowest BCUT2D eigenvalue weighted by Gasteiger charge is -2.31. The van der Waals surface area contributed by atoms with Gasteiger partial charge in [-0.15, -0.1) is 11.3 Å². The van der Waals surface area contributed by atoms with E-state index in [0.717, 1.165) is 32.0 Å². The van der Waals surface area contributed by atoms with Crippen molar-refractivity contribution in [1.29, 1.82) is 0 Å². The lowest BCUT2D eigenvalue weighted by atomic mass is 9.85. The van der Waals surface area contributed by atoms with Gasteiger partial charge in [0, 0.05) is 24.5 Å². The summed E-state index contributed by atoms with van der Waals surface area (Å²) in [4.78, 5) is 8.87. The van der Waals surface area contributed by atoms with Gasteiger partial charge < -0.3 is 10.2 Å². The number of nitrogens with zero attached hydrogens (tertiary/aromatic N) is 2. The molecule has 3 nitrogen and oxygen atoms in total. The molecule has 0 bridgehead atoms. The van der Waals surface area contributed by atoms with Crippen LogP contribution >= 0.6 is 11.3 Å². The highest BCUT2D eigenvalue weighted by Crippen LogP contribution is 2.32. The quantitative estimate of drug-likeness (QED) is 0.750. The Morgan fingerprint density at radius 1 is 1.30 bits per heavy atom. The summed E-state index contributed by atoms with van der Waals surface area (Å²) in [6.07, 6.45) is 6.53. The molecule has 4 heteroatoms. The van der Waals surface area contributed by atoms with Crippen LogP contribution in [0, 0.1) is 5.92 Å². The van der Waals surface area contributed by atoms with Gasteiger partial charge in [0.1, 0.15) is 0 Å². The van der Waals surface area contributed by atoms with E-state index in [4.69, 9.17) is 4.98 Å². The Bertz CT molecular complexity index is 398. The molecule has 0 aromatic carbocycles. The number of anilines is 1. The van der Waals surface area contributed by atoms with Gasteiger partial charge in [-0.25, -0.2) is 4.98 Å². The number of hydrogen-bond acceptors (Lipinski definition) is 4. The molecule has 1 aromatic rings. The standard InChI is InChI=1S/C16H29N3S/c1-4-8-14-15(11-17-5-2)20-16(18-14)19(6-3)12-13-9-7-10-13/h13,17H,4-12H2,1-3H3. The molecule has 0 unspecified atom stereocenters. The van der Waals surface area contributed by atoms with E-state index >= 15 is 0 Å². The predicted octanol–water partition coefficient (Wildman–Crippen LogP) is 3.83. The van der Waals surface area contributed by atoms with E-state index < -0.39 is 0 Å². The number of aryl methyl sites for hydroxylation is 1. The van der Waals surface area contributed by atoms with Crippen molar-refractivity contribution in [2.75, 3.05) is 24.5 Å². The predicted molar refractivity (Wildman–Crippen MR) is 88.7 cm³/mol. The average molecular weight is 295 g/mol. The fourth-order valence-corrected chi connectivity index (χ4v) is 3.79. The minimum absolute atomic E-state index is 0.908. The maximum atomic E-state index is 4.94. The largest absolute Gasteiger partial charge is 0.348 e. The summed E-state index contributed by atoms with van der Waals surface area (Å²) in [6.45, 7) is 10.9. The van der Waals surface area contributed by atoms with Crippen molar-refractivity contribution >= 4 is 16.5 Å². The second-order valence-electron chi connectivity index (χ2n) is 5.73. The molecule has 0 atom stereocenters. The second-order valence-corrected chi connectivity index (χ2v) is 6.79. The maximum Gasteiger partial charge on any atom is 0.185 e. The molecule has 1 aromatic heterocycles. The van der Waals surface area contributed by atoms with Crippen LogP contribution in [-0.4, -0.2) is 24.6 Å². The summed E-state index contributed by atoms with van der Waals surface area (Å²) in [5.74, 6) is 0.908. The van der Waals surface area contributed by atoms with Crippen molar-refractivity contribution in [3.63, 3.8) is 0 Å². The molecule has 0 spiro atoms. The lowest BCUT2D eigenvalue weighted by Crippen LogP contribution is -2.32. The summed E-state index contributed by atoms with van der Waals surface area (Å²) in [5, 5.41) is 4.69. The van der Waals surface area contributed by atoms with Gasteiger partial charge in [0.25, 0.3) is 0 Å². The lowest BCUT2D eigenvalue weighted by molar-refractivity contribution is 0.318. The fourth-order valence-electron chi connectivity index (χ4n) is 2.64.